The van der Waals surface area contributed by atoms with E-state index < -0.39 is 0 Å². The van der Waals surface area contributed by atoms with E-state index in [2.05, 4.69) is 27.3 Å². The normalized spacial score (nSPS) is 21.2. The summed E-state index contributed by atoms with van der Waals surface area (Å²) >= 11 is 0. The average molecular weight is 231 g/mol. The van der Waals surface area contributed by atoms with E-state index >= 15 is 0 Å². The quantitative estimate of drug-likeness (QED) is 0.842. The molecule has 1 N–H and O–H groups in total. The highest BCUT2D eigenvalue weighted by atomic mass is 15.4. The second-order valence-corrected chi connectivity index (χ2v) is 4.76. The number of nitrogens with one attached hydrogen (secondary N) is 1. The van der Waals surface area contributed by atoms with Gasteiger partial charge in [-0.2, -0.15) is 4.98 Å². The molecule has 3 rings (SSSR count). The van der Waals surface area contributed by atoms with Gasteiger partial charge in [0.15, 0.2) is 5.65 Å². The van der Waals surface area contributed by atoms with E-state index in [1.165, 1.54) is 0 Å². The topological polar surface area (TPSA) is 45.5 Å². The van der Waals surface area contributed by atoms with E-state index in [9.17, 15) is 0 Å². The Morgan fingerprint density at radius 1 is 1.41 bits per heavy atom. The molecule has 2 aromatic rings. The van der Waals surface area contributed by atoms with Gasteiger partial charge in [-0.1, -0.05) is 6.07 Å². The Bertz CT molecular complexity index is 533. The minimum atomic E-state index is 0.470. The lowest BCUT2D eigenvalue weighted by Gasteiger charge is -2.10. The Balaban J connectivity index is 1.84. The van der Waals surface area contributed by atoms with E-state index in [0.717, 1.165) is 36.8 Å². The monoisotopic (exact) mass is 231 g/mol. The SMILES string of the molecule is Cc1cccc2nc(NC3CCN(C)C3)nn12. The molecule has 0 bridgehead atoms. The van der Waals surface area contributed by atoms with E-state index in [-0.39, 0.29) is 0 Å². The molecule has 5 heteroatoms. The van der Waals surface area contributed by atoms with Crippen molar-refractivity contribution in [3.8, 4) is 0 Å². The minimum absolute atomic E-state index is 0.470. The first-order chi connectivity index (χ1) is 8.22. The highest BCUT2D eigenvalue weighted by Gasteiger charge is 2.20. The summed E-state index contributed by atoms with van der Waals surface area (Å²) in [7, 11) is 2.14. The fraction of sp³-hybridized carbons (Fsp3) is 0.500. The van der Waals surface area contributed by atoms with E-state index in [1.807, 2.05) is 29.6 Å². The summed E-state index contributed by atoms with van der Waals surface area (Å²) in [5.41, 5.74) is 2.01. The van der Waals surface area contributed by atoms with Crippen LogP contribution in [0.25, 0.3) is 5.65 Å². The number of aryl methyl sites for hydroxylation is 1. The van der Waals surface area contributed by atoms with Crippen LogP contribution in [0.1, 0.15) is 12.1 Å². The zero-order valence-electron chi connectivity index (χ0n) is 10.2. The molecule has 0 spiro atoms. The molecule has 1 fully saturated rings. The van der Waals surface area contributed by atoms with Crippen LogP contribution in [0.4, 0.5) is 5.95 Å². The van der Waals surface area contributed by atoms with Crippen molar-refractivity contribution in [2.45, 2.75) is 19.4 Å². The molecule has 90 valence electrons. The van der Waals surface area contributed by atoms with Gasteiger partial charge in [-0.05, 0) is 39.1 Å². The first-order valence-corrected chi connectivity index (χ1v) is 6.00. The Hall–Kier alpha value is -1.62. The van der Waals surface area contributed by atoms with Crippen molar-refractivity contribution in [1.29, 1.82) is 0 Å². The Kier molecular flexibility index (Phi) is 2.48. The zero-order valence-corrected chi connectivity index (χ0v) is 10.2. The molecule has 3 heterocycles. The maximum absolute atomic E-state index is 4.48. The Morgan fingerprint density at radius 3 is 3.00 bits per heavy atom. The Labute approximate surface area is 100 Å². The van der Waals surface area contributed by atoms with Crippen LogP contribution < -0.4 is 5.32 Å². The molecule has 1 aliphatic heterocycles. The van der Waals surface area contributed by atoms with Crippen molar-refractivity contribution in [1.82, 2.24) is 19.5 Å². The summed E-state index contributed by atoms with van der Waals surface area (Å²) in [6.07, 6.45) is 1.16. The lowest BCUT2D eigenvalue weighted by molar-refractivity contribution is 0.414. The maximum Gasteiger partial charge on any atom is 0.243 e. The minimum Gasteiger partial charge on any atom is -0.349 e. The lowest BCUT2D eigenvalue weighted by Crippen LogP contribution is -2.24. The smallest absolute Gasteiger partial charge is 0.243 e. The predicted octanol–water partition coefficient (Wildman–Crippen LogP) is 1.15. The highest BCUT2D eigenvalue weighted by molar-refractivity contribution is 5.44. The molecular formula is C12H17N5. The number of anilines is 1. The van der Waals surface area contributed by atoms with Crippen LogP contribution in [-0.4, -0.2) is 45.7 Å². The number of pyridine rings is 1. The first-order valence-electron chi connectivity index (χ1n) is 6.00. The van der Waals surface area contributed by atoms with Crippen LogP contribution in [0.15, 0.2) is 18.2 Å². The molecule has 5 nitrogen and oxygen atoms in total. The molecule has 1 unspecified atom stereocenters. The van der Waals surface area contributed by atoms with E-state index in [0.29, 0.717) is 6.04 Å². The second-order valence-electron chi connectivity index (χ2n) is 4.76. The summed E-state index contributed by atoms with van der Waals surface area (Å²) in [5.74, 6) is 0.736. The van der Waals surface area contributed by atoms with Gasteiger partial charge in [0.25, 0.3) is 0 Å². The summed E-state index contributed by atoms with van der Waals surface area (Å²) < 4.78 is 1.88. The van der Waals surface area contributed by atoms with Crippen molar-refractivity contribution in [2.75, 3.05) is 25.5 Å². The van der Waals surface area contributed by atoms with Gasteiger partial charge in [-0.15, -0.1) is 5.10 Å². The maximum atomic E-state index is 4.48. The molecule has 1 saturated heterocycles. The van der Waals surface area contributed by atoms with Crippen LogP contribution in [0.2, 0.25) is 0 Å². The van der Waals surface area contributed by atoms with Gasteiger partial charge in [0.05, 0.1) is 0 Å². The van der Waals surface area contributed by atoms with Gasteiger partial charge in [-0.3, -0.25) is 0 Å². The molecule has 0 amide bonds. The fourth-order valence-corrected chi connectivity index (χ4v) is 2.33. The number of nitrogens with zero attached hydrogens (tertiary/aromatic N) is 4. The van der Waals surface area contributed by atoms with Gasteiger partial charge >= 0.3 is 0 Å². The number of likely N-dealkylation sites (N-methyl/N-ethyl adjacent to an activating group) is 1. The number of fused-ring (bicyclic) bond motifs is 1. The highest BCUT2D eigenvalue weighted by Crippen LogP contribution is 2.13. The van der Waals surface area contributed by atoms with Crippen LogP contribution in [0.3, 0.4) is 0 Å². The largest absolute Gasteiger partial charge is 0.349 e. The molecule has 17 heavy (non-hydrogen) atoms. The van der Waals surface area contributed by atoms with Crippen LogP contribution in [0.5, 0.6) is 0 Å². The van der Waals surface area contributed by atoms with Gasteiger partial charge < -0.3 is 10.2 Å². The first kappa shape index (κ1) is 10.5. The van der Waals surface area contributed by atoms with Gasteiger partial charge in [-0.25, -0.2) is 4.52 Å². The summed E-state index contributed by atoms with van der Waals surface area (Å²) in [5, 5.41) is 7.88. The predicted molar refractivity (Wildman–Crippen MR) is 67.2 cm³/mol. The van der Waals surface area contributed by atoms with Crippen molar-refractivity contribution in [3.05, 3.63) is 23.9 Å². The third kappa shape index (κ3) is 1.98. The molecular weight excluding hydrogens is 214 g/mol. The zero-order chi connectivity index (χ0) is 11.8. The Morgan fingerprint density at radius 2 is 2.29 bits per heavy atom. The average Bonchev–Trinajstić information content (AvgIpc) is 2.86. The van der Waals surface area contributed by atoms with E-state index in [1.54, 1.807) is 0 Å². The fourth-order valence-electron chi connectivity index (χ4n) is 2.33. The van der Waals surface area contributed by atoms with Crippen LogP contribution >= 0.6 is 0 Å². The molecule has 0 saturated carbocycles. The molecule has 0 aromatic carbocycles. The van der Waals surface area contributed by atoms with Crippen LogP contribution in [-0.2, 0) is 0 Å². The summed E-state index contributed by atoms with van der Waals surface area (Å²) in [6, 6.07) is 6.49. The molecule has 0 aliphatic carbocycles. The molecule has 0 radical (unpaired) electrons. The number of aromatic nitrogens is 3. The van der Waals surface area contributed by atoms with Gasteiger partial charge in [0.2, 0.25) is 5.95 Å². The number of hydrogen-bond donors (Lipinski definition) is 1. The van der Waals surface area contributed by atoms with Crippen molar-refractivity contribution in [2.24, 2.45) is 0 Å². The van der Waals surface area contributed by atoms with E-state index in [4.69, 9.17) is 0 Å². The third-order valence-corrected chi connectivity index (χ3v) is 3.27. The number of rotatable bonds is 2. The lowest BCUT2D eigenvalue weighted by atomic mass is 10.3. The molecule has 1 aliphatic rings. The number of hydrogen-bond acceptors (Lipinski definition) is 4. The van der Waals surface area contributed by atoms with Gasteiger partial charge in [0.1, 0.15) is 0 Å². The summed E-state index contributed by atoms with van der Waals surface area (Å²) in [4.78, 5) is 6.80. The second kappa shape index (κ2) is 4.00. The van der Waals surface area contributed by atoms with Crippen molar-refractivity contribution < 1.29 is 0 Å². The van der Waals surface area contributed by atoms with Crippen molar-refractivity contribution >= 4 is 11.6 Å². The third-order valence-electron chi connectivity index (χ3n) is 3.27. The standard InChI is InChI=1S/C12H17N5/c1-9-4-3-5-11-14-12(15-17(9)11)13-10-6-7-16(2)8-10/h3-5,10H,6-8H2,1-2H3,(H,13,15). The van der Waals surface area contributed by atoms with Crippen molar-refractivity contribution in [3.63, 3.8) is 0 Å². The molecule has 2 aromatic heterocycles. The van der Waals surface area contributed by atoms with Crippen LogP contribution in [0, 0.1) is 6.92 Å². The summed E-state index contributed by atoms with van der Waals surface area (Å²) in [6.45, 7) is 4.24. The number of likely N-dealkylation sites (tertiary alicyclic amines) is 1. The van der Waals surface area contributed by atoms with Gasteiger partial charge in [0, 0.05) is 18.3 Å². The molecule has 1 atom stereocenters.